The summed E-state index contributed by atoms with van der Waals surface area (Å²) in [5.41, 5.74) is -0.336. The van der Waals surface area contributed by atoms with Gasteiger partial charge in [-0.15, -0.1) is 0 Å². The number of benzene rings is 1. The zero-order valence-corrected chi connectivity index (χ0v) is 10.6. The molecule has 0 aromatic heterocycles. The molecular formula is C13H19NO4. The summed E-state index contributed by atoms with van der Waals surface area (Å²) in [4.78, 5) is 11.5. The molecule has 0 aliphatic heterocycles. The van der Waals surface area contributed by atoms with Gasteiger partial charge in [0.25, 0.3) is 0 Å². The first-order valence-corrected chi connectivity index (χ1v) is 5.74. The van der Waals surface area contributed by atoms with Gasteiger partial charge in [0, 0.05) is 0 Å². The van der Waals surface area contributed by atoms with Gasteiger partial charge in [-0.1, -0.05) is 30.3 Å². The Bertz CT molecular complexity index is 372. The monoisotopic (exact) mass is 253 g/mol. The van der Waals surface area contributed by atoms with Gasteiger partial charge in [0.1, 0.15) is 6.61 Å². The zero-order valence-electron chi connectivity index (χ0n) is 10.6. The van der Waals surface area contributed by atoms with Gasteiger partial charge in [-0.3, -0.25) is 0 Å². The van der Waals surface area contributed by atoms with Crippen molar-refractivity contribution in [1.29, 1.82) is 0 Å². The maximum absolute atomic E-state index is 11.5. The number of nitrogens with one attached hydrogen (secondary N) is 1. The van der Waals surface area contributed by atoms with E-state index in [1.54, 1.807) is 0 Å². The van der Waals surface area contributed by atoms with Gasteiger partial charge >= 0.3 is 6.09 Å². The number of alkyl carbamates (subject to hydrolysis) is 1. The molecular weight excluding hydrogens is 234 g/mol. The molecule has 0 saturated carbocycles. The molecule has 1 amide bonds. The molecule has 5 nitrogen and oxygen atoms in total. The maximum atomic E-state index is 11.5. The van der Waals surface area contributed by atoms with Crippen molar-refractivity contribution in [1.82, 2.24) is 5.32 Å². The molecule has 0 radical (unpaired) electrons. The Morgan fingerprint density at radius 3 is 2.50 bits per heavy atom. The van der Waals surface area contributed by atoms with Crippen molar-refractivity contribution in [2.75, 3.05) is 6.61 Å². The lowest BCUT2D eigenvalue weighted by molar-refractivity contribution is 0.0125. The van der Waals surface area contributed by atoms with Crippen molar-refractivity contribution in [3.63, 3.8) is 0 Å². The molecule has 100 valence electrons. The molecule has 18 heavy (non-hydrogen) atoms. The molecule has 0 heterocycles. The molecule has 1 rings (SSSR count). The fourth-order valence-corrected chi connectivity index (χ4v) is 1.35. The van der Waals surface area contributed by atoms with Crippen LogP contribution in [-0.4, -0.2) is 34.6 Å². The van der Waals surface area contributed by atoms with Gasteiger partial charge < -0.3 is 20.3 Å². The lowest BCUT2D eigenvalue weighted by atomic mass is 10.0. The van der Waals surface area contributed by atoms with E-state index < -0.39 is 17.7 Å². The predicted octanol–water partition coefficient (Wildman–Crippen LogP) is 1.04. The SMILES string of the molecule is CC(C)(O)[C@H](CO)NC(=O)OCc1ccccc1. The molecule has 0 bridgehead atoms. The summed E-state index contributed by atoms with van der Waals surface area (Å²) in [5, 5.41) is 21.2. The van der Waals surface area contributed by atoms with E-state index in [0.717, 1.165) is 5.56 Å². The molecule has 0 aliphatic rings. The van der Waals surface area contributed by atoms with Crippen molar-refractivity contribution >= 4 is 6.09 Å². The molecule has 0 aliphatic carbocycles. The van der Waals surface area contributed by atoms with Gasteiger partial charge in [-0.05, 0) is 19.4 Å². The summed E-state index contributed by atoms with van der Waals surface area (Å²) in [6, 6.07) is 8.49. The third-order valence-electron chi connectivity index (χ3n) is 2.54. The fourth-order valence-electron chi connectivity index (χ4n) is 1.35. The van der Waals surface area contributed by atoms with Crippen molar-refractivity contribution in [3.8, 4) is 0 Å². The Morgan fingerprint density at radius 1 is 1.39 bits per heavy atom. The van der Waals surface area contributed by atoms with Crippen LogP contribution in [0.25, 0.3) is 0 Å². The van der Waals surface area contributed by atoms with E-state index in [1.165, 1.54) is 13.8 Å². The minimum absolute atomic E-state index is 0.149. The summed E-state index contributed by atoms with van der Waals surface area (Å²) < 4.78 is 4.98. The highest BCUT2D eigenvalue weighted by atomic mass is 16.5. The molecule has 0 unspecified atom stereocenters. The van der Waals surface area contributed by atoms with Crippen LogP contribution in [0.4, 0.5) is 4.79 Å². The maximum Gasteiger partial charge on any atom is 0.407 e. The van der Waals surface area contributed by atoms with E-state index in [2.05, 4.69) is 5.32 Å². The van der Waals surface area contributed by atoms with Crippen LogP contribution in [0.1, 0.15) is 19.4 Å². The normalized spacial score (nSPS) is 12.9. The standard InChI is InChI=1S/C13H19NO4/c1-13(2,17)11(8-15)14-12(16)18-9-10-6-4-3-5-7-10/h3-7,11,15,17H,8-9H2,1-2H3,(H,14,16)/t11-/m0/s1. The fraction of sp³-hybridized carbons (Fsp3) is 0.462. The molecule has 0 spiro atoms. The zero-order chi connectivity index (χ0) is 13.6. The highest BCUT2D eigenvalue weighted by molar-refractivity contribution is 5.67. The summed E-state index contributed by atoms with van der Waals surface area (Å²) in [6.07, 6.45) is -0.667. The predicted molar refractivity (Wildman–Crippen MR) is 66.9 cm³/mol. The first-order valence-electron chi connectivity index (χ1n) is 5.74. The van der Waals surface area contributed by atoms with Crippen molar-refractivity contribution < 1.29 is 19.7 Å². The lowest BCUT2D eigenvalue weighted by Gasteiger charge is -2.27. The molecule has 3 N–H and O–H groups in total. The highest BCUT2D eigenvalue weighted by Crippen LogP contribution is 2.08. The van der Waals surface area contributed by atoms with Crippen LogP contribution in [0.15, 0.2) is 30.3 Å². The highest BCUT2D eigenvalue weighted by Gasteiger charge is 2.28. The largest absolute Gasteiger partial charge is 0.445 e. The van der Waals surface area contributed by atoms with Crippen LogP contribution >= 0.6 is 0 Å². The number of ether oxygens (including phenoxy) is 1. The molecule has 5 heteroatoms. The van der Waals surface area contributed by atoms with E-state index in [0.29, 0.717) is 0 Å². The van der Waals surface area contributed by atoms with E-state index in [9.17, 15) is 9.90 Å². The quantitative estimate of drug-likeness (QED) is 0.732. The lowest BCUT2D eigenvalue weighted by Crippen LogP contribution is -2.51. The van der Waals surface area contributed by atoms with Crippen LogP contribution in [0, 0.1) is 0 Å². The number of aliphatic hydroxyl groups is 2. The smallest absolute Gasteiger partial charge is 0.407 e. The van der Waals surface area contributed by atoms with Gasteiger partial charge in [0.15, 0.2) is 0 Å². The summed E-state index contributed by atoms with van der Waals surface area (Å²) in [5.74, 6) is 0. The second-order valence-corrected chi connectivity index (χ2v) is 4.59. The van der Waals surface area contributed by atoms with Gasteiger partial charge in [-0.25, -0.2) is 4.79 Å². The van der Waals surface area contributed by atoms with Gasteiger partial charge in [-0.2, -0.15) is 0 Å². The van der Waals surface area contributed by atoms with Crippen molar-refractivity contribution in [2.45, 2.75) is 32.1 Å². The van der Waals surface area contributed by atoms with E-state index >= 15 is 0 Å². The van der Waals surface area contributed by atoms with Crippen LogP contribution in [0.3, 0.4) is 0 Å². The van der Waals surface area contributed by atoms with Crippen LogP contribution < -0.4 is 5.32 Å². The average Bonchev–Trinajstić information content (AvgIpc) is 2.33. The molecule has 1 aromatic carbocycles. The van der Waals surface area contributed by atoms with Crippen LogP contribution in [0.5, 0.6) is 0 Å². The summed E-state index contributed by atoms with van der Waals surface area (Å²) in [6.45, 7) is 2.80. The van der Waals surface area contributed by atoms with Crippen LogP contribution in [0.2, 0.25) is 0 Å². The number of carbonyl (C=O) groups is 1. The first kappa shape index (κ1) is 14.5. The first-order chi connectivity index (χ1) is 8.43. The Morgan fingerprint density at radius 2 is 2.00 bits per heavy atom. The van der Waals surface area contributed by atoms with Crippen molar-refractivity contribution in [2.24, 2.45) is 0 Å². The summed E-state index contributed by atoms with van der Waals surface area (Å²) >= 11 is 0. The minimum Gasteiger partial charge on any atom is -0.445 e. The summed E-state index contributed by atoms with van der Waals surface area (Å²) in [7, 11) is 0. The third kappa shape index (κ3) is 4.73. The average molecular weight is 253 g/mol. The number of rotatable bonds is 5. The number of aliphatic hydroxyl groups excluding tert-OH is 1. The number of hydrogen-bond donors (Lipinski definition) is 3. The van der Waals surface area contributed by atoms with Gasteiger partial charge in [0.2, 0.25) is 0 Å². The number of carbonyl (C=O) groups excluding carboxylic acids is 1. The van der Waals surface area contributed by atoms with E-state index in [4.69, 9.17) is 9.84 Å². The topological polar surface area (TPSA) is 78.8 Å². The van der Waals surface area contributed by atoms with Crippen molar-refractivity contribution in [3.05, 3.63) is 35.9 Å². The molecule has 1 aromatic rings. The minimum atomic E-state index is -1.21. The van der Waals surface area contributed by atoms with Gasteiger partial charge in [0.05, 0.1) is 18.2 Å². The Kier molecular flexibility index (Phi) is 5.12. The Labute approximate surface area is 106 Å². The Balaban J connectivity index is 2.42. The third-order valence-corrected chi connectivity index (χ3v) is 2.54. The molecule has 0 saturated heterocycles. The number of hydrogen-bond acceptors (Lipinski definition) is 4. The van der Waals surface area contributed by atoms with E-state index in [-0.39, 0.29) is 13.2 Å². The second kappa shape index (κ2) is 6.37. The molecule has 0 fully saturated rings. The second-order valence-electron chi connectivity index (χ2n) is 4.59. The van der Waals surface area contributed by atoms with Crippen LogP contribution in [-0.2, 0) is 11.3 Å². The molecule has 1 atom stereocenters. The number of amides is 1. The Hall–Kier alpha value is -1.59. The van der Waals surface area contributed by atoms with E-state index in [1.807, 2.05) is 30.3 Å².